The van der Waals surface area contributed by atoms with Gasteiger partial charge in [0.1, 0.15) is 0 Å². The van der Waals surface area contributed by atoms with E-state index in [4.69, 9.17) is 18.0 Å². The van der Waals surface area contributed by atoms with Gasteiger partial charge in [-0.05, 0) is 30.9 Å². The number of nitrogens with zero attached hydrogens (tertiary/aromatic N) is 1. The molecule has 0 spiro atoms. The van der Waals surface area contributed by atoms with E-state index >= 15 is 0 Å². The Balaban J connectivity index is 2.17. The van der Waals surface area contributed by atoms with Gasteiger partial charge in [-0.3, -0.25) is 4.79 Å². The van der Waals surface area contributed by atoms with Crippen molar-refractivity contribution in [2.75, 3.05) is 11.4 Å². The number of hydrogen-bond donors (Lipinski definition) is 1. The molecule has 0 heterocycles. The Morgan fingerprint density at radius 1 is 1.35 bits per heavy atom. The van der Waals surface area contributed by atoms with Crippen LogP contribution in [0, 0.1) is 11.8 Å². The van der Waals surface area contributed by atoms with Crippen molar-refractivity contribution in [1.29, 1.82) is 0 Å². The van der Waals surface area contributed by atoms with Crippen LogP contribution in [-0.4, -0.2) is 17.4 Å². The molecule has 108 valence electrons. The van der Waals surface area contributed by atoms with Crippen LogP contribution in [0.3, 0.4) is 0 Å². The van der Waals surface area contributed by atoms with Gasteiger partial charge in [-0.15, -0.1) is 0 Å². The fraction of sp³-hybridized carbons (Fsp3) is 0.500. The summed E-state index contributed by atoms with van der Waals surface area (Å²) >= 11 is 4.95. The first-order valence-electron chi connectivity index (χ1n) is 7.24. The second kappa shape index (κ2) is 6.84. The SMILES string of the molecule is CC1CCCC1C(=O)N(CCC(N)=S)c1ccccc1. The molecule has 1 fully saturated rings. The van der Waals surface area contributed by atoms with Crippen LogP contribution in [0.1, 0.15) is 32.6 Å². The number of nitrogens with two attached hydrogens (primary N) is 1. The summed E-state index contributed by atoms with van der Waals surface area (Å²) in [4.78, 5) is 15.1. The number of anilines is 1. The van der Waals surface area contributed by atoms with E-state index in [1.54, 1.807) is 0 Å². The highest BCUT2D eigenvalue weighted by Gasteiger charge is 2.33. The molecular weight excluding hydrogens is 268 g/mol. The molecule has 0 radical (unpaired) electrons. The van der Waals surface area contributed by atoms with Gasteiger partial charge < -0.3 is 10.6 Å². The van der Waals surface area contributed by atoms with Crippen molar-refractivity contribution in [3.63, 3.8) is 0 Å². The number of para-hydroxylation sites is 1. The molecule has 0 bridgehead atoms. The maximum atomic E-state index is 12.8. The lowest BCUT2D eigenvalue weighted by Crippen LogP contribution is -2.39. The molecule has 1 aliphatic carbocycles. The molecule has 1 aromatic rings. The summed E-state index contributed by atoms with van der Waals surface area (Å²) in [5, 5.41) is 0. The van der Waals surface area contributed by atoms with Crippen LogP contribution in [-0.2, 0) is 4.79 Å². The molecule has 3 nitrogen and oxygen atoms in total. The van der Waals surface area contributed by atoms with Crippen molar-refractivity contribution in [3.05, 3.63) is 30.3 Å². The van der Waals surface area contributed by atoms with E-state index in [1.165, 1.54) is 0 Å². The zero-order chi connectivity index (χ0) is 14.5. The quantitative estimate of drug-likeness (QED) is 0.847. The molecule has 1 amide bonds. The summed E-state index contributed by atoms with van der Waals surface area (Å²) in [7, 11) is 0. The molecule has 20 heavy (non-hydrogen) atoms. The number of benzene rings is 1. The maximum Gasteiger partial charge on any atom is 0.230 e. The second-order valence-electron chi connectivity index (χ2n) is 5.56. The molecule has 2 rings (SSSR count). The van der Waals surface area contributed by atoms with E-state index in [1.807, 2.05) is 35.2 Å². The van der Waals surface area contributed by atoms with Gasteiger partial charge in [0.2, 0.25) is 5.91 Å². The maximum absolute atomic E-state index is 12.8. The normalized spacial score (nSPS) is 21.6. The molecule has 1 aromatic carbocycles. The van der Waals surface area contributed by atoms with Gasteiger partial charge in [-0.1, -0.05) is 43.8 Å². The molecule has 0 aromatic heterocycles. The van der Waals surface area contributed by atoms with Gasteiger partial charge in [0.25, 0.3) is 0 Å². The Bertz CT molecular complexity index is 475. The molecule has 2 unspecified atom stereocenters. The van der Waals surface area contributed by atoms with Crippen LogP contribution >= 0.6 is 12.2 Å². The Morgan fingerprint density at radius 3 is 2.60 bits per heavy atom. The molecule has 1 saturated carbocycles. The van der Waals surface area contributed by atoms with Crippen LogP contribution < -0.4 is 10.6 Å². The van der Waals surface area contributed by atoms with Crippen LogP contribution in [0.5, 0.6) is 0 Å². The summed E-state index contributed by atoms with van der Waals surface area (Å²) in [6.45, 7) is 2.74. The number of rotatable bonds is 5. The predicted molar refractivity (Wildman–Crippen MR) is 86.7 cm³/mol. The lowest BCUT2D eigenvalue weighted by atomic mass is 9.96. The zero-order valence-electron chi connectivity index (χ0n) is 11.9. The first kappa shape index (κ1) is 15.0. The summed E-state index contributed by atoms with van der Waals surface area (Å²) in [5.41, 5.74) is 6.53. The molecule has 1 aliphatic rings. The van der Waals surface area contributed by atoms with E-state index in [-0.39, 0.29) is 11.8 Å². The summed E-state index contributed by atoms with van der Waals surface area (Å²) in [6.07, 6.45) is 3.86. The van der Waals surface area contributed by atoms with Crippen LogP contribution in [0.25, 0.3) is 0 Å². The van der Waals surface area contributed by atoms with Gasteiger partial charge in [0.05, 0.1) is 4.99 Å². The average molecular weight is 290 g/mol. The molecule has 0 saturated heterocycles. The number of thiocarbonyl (C=S) groups is 1. The summed E-state index contributed by atoms with van der Waals surface area (Å²) in [5.74, 6) is 0.831. The largest absolute Gasteiger partial charge is 0.393 e. The lowest BCUT2D eigenvalue weighted by Gasteiger charge is -2.27. The standard InChI is InChI=1S/C16H22N2OS/c1-12-6-5-9-14(12)16(19)18(11-10-15(17)20)13-7-3-2-4-8-13/h2-4,7-8,12,14H,5-6,9-11H2,1H3,(H2,17,20). The minimum Gasteiger partial charge on any atom is -0.393 e. The first-order chi connectivity index (χ1) is 9.59. The Kier molecular flexibility index (Phi) is 5.12. The topological polar surface area (TPSA) is 46.3 Å². The van der Waals surface area contributed by atoms with Crippen molar-refractivity contribution in [3.8, 4) is 0 Å². The van der Waals surface area contributed by atoms with Crippen molar-refractivity contribution >= 4 is 28.8 Å². The van der Waals surface area contributed by atoms with Crippen molar-refractivity contribution < 1.29 is 4.79 Å². The highest BCUT2D eigenvalue weighted by atomic mass is 32.1. The van der Waals surface area contributed by atoms with Gasteiger partial charge in [-0.2, -0.15) is 0 Å². The number of carbonyl (C=O) groups is 1. The van der Waals surface area contributed by atoms with Crippen LogP contribution in [0.4, 0.5) is 5.69 Å². The Labute approximate surface area is 126 Å². The highest BCUT2D eigenvalue weighted by molar-refractivity contribution is 7.80. The van der Waals surface area contributed by atoms with E-state index in [2.05, 4.69) is 6.92 Å². The monoisotopic (exact) mass is 290 g/mol. The molecule has 0 aliphatic heterocycles. The third-order valence-electron chi connectivity index (χ3n) is 4.09. The average Bonchev–Trinajstić information content (AvgIpc) is 2.86. The van der Waals surface area contributed by atoms with E-state index in [9.17, 15) is 4.79 Å². The summed E-state index contributed by atoms with van der Waals surface area (Å²) < 4.78 is 0. The minimum atomic E-state index is 0.140. The Hall–Kier alpha value is -1.42. The summed E-state index contributed by atoms with van der Waals surface area (Å²) in [6, 6.07) is 9.80. The van der Waals surface area contributed by atoms with Crippen molar-refractivity contribution in [2.24, 2.45) is 17.6 Å². The third-order valence-corrected chi connectivity index (χ3v) is 4.30. The number of hydrogen-bond acceptors (Lipinski definition) is 2. The van der Waals surface area contributed by atoms with E-state index in [0.29, 0.717) is 23.9 Å². The smallest absolute Gasteiger partial charge is 0.230 e. The Morgan fingerprint density at radius 2 is 2.05 bits per heavy atom. The van der Waals surface area contributed by atoms with Crippen molar-refractivity contribution in [1.82, 2.24) is 0 Å². The predicted octanol–water partition coefficient (Wildman–Crippen LogP) is 3.13. The fourth-order valence-electron chi connectivity index (χ4n) is 2.91. The van der Waals surface area contributed by atoms with Gasteiger partial charge in [0.15, 0.2) is 0 Å². The van der Waals surface area contributed by atoms with Gasteiger partial charge in [-0.25, -0.2) is 0 Å². The zero-order valence-corrected chi connectivity index (χ0v) is 12.7. The van der Waals surface area contributed by atoms with E-state index in [0.717, 1.165) is 24.9 Å². The first-order valence-corrected chi connectivity index (χ1v) is 7.65. The molecule has 4 heteroatoms. The number of amides is 1. The lowest BCUT2D eigenvalue weighted by molar-refractivity contribution is -0.123. The molecule has 2 atom stereocenters. The van der Waals surface area contributed by atoms with Gasteiger partial charge >= 0.3 is 0 Å². The fourth-order valence-corrected chi connectivity index (χ4v) is 3.00. The third kappa shape index (κ3) is 3.57. The van der Waals surface area contributed by atoms with Crippen LogP contribution in [0.2, 0.25) is 0 Å². The van der Waals surface area contributed by atoms with Gasteiger partial charge in [0, 0.05) is 24.6 Å². The number of carbonyl (C=O) groups excluding carboxylic acids is 1. The molecule has 2 N–H and O–H groups in total. The second-order valence-corrected chi connectivity index (χ2v) is 6.08. The van der Waals surface area contributed by atoms with Crippen molar-refractivity contribution in [2.45, 2.75) is 32.6 Å². The van der Waals surface area contributed by atoms with Crippen LogP contribution in [0.15, 0.2) is 30.3 Å². The minimum absolute atomic E-state index is 0.140. The van der Waals surface area contributed by atoms with E-state index < -0.39 is 0 Å². The highest BCUT2D eigenvalue weighted by Crippen LogP contribution is 2.33. The molecular formula is C16H22N2OS.